The summed E-state index contributed by atoms with van der Waals surface area (Å²) in [4.78, 5) is 9.44. The van der Waals surface area contributed by atoms with Crippen molar-refractivity contribution in [1.82, 2.24) is 0 Å². The first kappa shape index (κ1) is 18.1. The predicted molar refractivity (Wildman–Crippen MR) is 88.2 cm³/mol. The normalized spacial score (nSPS) is 8.70. The van der Waals surface area contributed by atoms with Crippen molar-refractivity contribution >= 4 is 5.78 Å². The molecule has 2 aromatic carbocycles. The van der Waals surface area contributed by atoms with Gasteiger partial charge in [0.2, 0.25) is 0 Å². The van der Waals surface area contributed by atoms with Gasteiger partial charge >= 0.3 is 0 Å². The second-order valence-corrected chi connectivity index (χ2v) is 5.08. The fourth-order valence-electron chi connectivity index (χ4n) is 1.33. The van der Waals surface area contributed by atoms with Crippen LogP contribution >= 0.6 is 0 Å². The van der Waals surface area contributed by atoms with E-state index in [0.29, 0.717) is 0 Å². The Balaban J connectivity index is 0.000000289. The lowest BCUT2D eigenvalue weighted by Crippen LogP contribution is -1.74. The van der Waals surface area contributed by atoms with Gasteiger partial charge in [0.1, 0.15) is 5.78 Å². The fraction of sp³-hybridized carbons (Fsp3) is 0.316. The highest BCUT2D eigenvalue weighted by atomic mass is 16.1. The highest BCUT2D eigenvalue weighted by Crippen LogP contribution is 2.03. The molecule has 0 bridgehead atoms. The van der Waals surface area contributed by atoms with E-state index in [1.165, 1.54) is 36.1 Å². The Morgan fingerprint density at radius 2 is 0.750 bits per heavy atom. The molecule has 0 heterocycles. The summed E-state index contributed by atoms with van der Waals surface area (Å²) in [7, 11) is 0. The van der Waals surface area contributed by atoms with E-state index in [4.69, 9.17) is 0 Å². The second kappa shape index (κ2) is 9.96. The van der Waals surface area contributed by atoms with Crippen LogP contribution in [0, 0.1) is 27.7 Å². The molecule has 0 radical (unpaired) electrons. The Kier molecular flexibility index (Phi) is 9.02. The van der Waals surface area contributed by atoms with Crippen molar-refractivity contribution in [1.29, 1.82) is 0 Å². The van der Waals surface area contributed by atoms with E-state index >= 15 is 0 Å². The Morgan fingerprint density at radius 1 is 0.600 bits per heavy atom. The summed E-state index contributed by atoms with van der Waals surface area (Å²) >= 11 is 0. The van der Waals surface area contributed by atoms with Crippen molar-refractivity contribution in [3.8, 4) is 0 Å². The minimum Gasteiger partial charge on any atom is -0.300 e. The van der Waals surface area contributed by atoms with Crippen LogP contribution in [-0.4, -0.2) is 5.78 Å². The first-order valence-corrected chi connectivity index (χ1v) is 6.86. The highest BCUT2D eigenvalue weighted by molar-refractivity contribution is 5.72. The molecule has 1 nitrogen and oxygen atoms in total. The number of ketones is 1. The molecule has 0 saturated heterocycles. The summed E-state index contributed by atoms with van der Waals surface area (Å²) in [6.45, 7) is 11.5. The van der Waals surface area contributed by atoms with E-state index in [-0.39, 0.29) is 5.78 Å². The molecule has 0 aliphatic carbocycles. The molecule has 0 aliphatic heterocycles. The number of benzene rings is 2. The third-order valence-electron chi connectivity index (χ3n) is 2.85. The van der Waals surface area contributed by atoms with Crippen LogP contribution in [0.5, 0.6) is 0 Å². The zero-order valence-corrected chi connectivity index (χ0v) is 13.5. The Morgan fingerprint density at radius 3 is 0.850 bits per heavy atom. The summed E-state index contributed by atoms with van der Waals surface area (Å²) < 4.78 is 0. The number of Topliss-reactive ketones (excluding diaryl/α,β-unsaturated/α-hetero) is 1. The molecular weight excluding hydrogens is 244 g/mol. The summed E-state index contributed by atoms with van der Waals surface area (Å²) in [5, 5.41) is 0. The van der Waals surface area contributed by atoms with E-state index in [1.54, 1.807) is 0 Å². The number of carbonyl (C=O) groups is 1. The van der Waals surface area contributed by atoms with Gasteiger partial charge in [0.25, 0.3) is 0 Å². The minimum absolute atomic E-state index is 0.167. The molecule has 0 aliphatic rings. The molecule has 0 saturated carbocycles. The van der Waals surface area contributed by atoms with Gasteiger partial charge in [-0.3, -0.25) is 0 Å². The van der Waals surface area contributed by atoms with Crippen molar-refractivity contribution in [2.45, 2.75) is 41.5 Å². The second-order valence-electron chi connectivity index (χ2n) is 5.08. The van der Waals surface area contributed by atoms with Crippen LogP contribution in [0.1, 0.15) is 36.1 Å². The maximum absolute atomic E-state index is 9.44. The van der Waals surface area contributed by atoms with Crippen LogP contribution < -0.4 is 0 Å². The number of aryl methyl sites for hydroxylation is 4. The lowest BCUT2D eigenvalue weighted by atomic mass is 10.1. The largest absolute Gasteiger partial charge is 0.300 e. The van der Waals surface area contributed by atoms with Crippen molar-refractivity contribution in [3.63, 3.8) is 0 Å². The van der Waals surface area contributed by atoms with Crippen LogP contribution in [0.2, 0.25) is 0 Å². The van der Waals surface area contributed by atoms with Gasteiger partial charge in [-0.15, -0.1) is 0 Å². The van der Waals surface area contributed by atoms with Crippen LogP contribution in [-0.2, 0) is 4.79 Å². The van der Waals surface area contributed by atoms with E-state index in [1.807, 2.05) is 0 Å². The van der Waals surface area contributed by atoms with Crippen molar-refractivity contribution in [3.05, 3.63) is 70.8 Å². The molecular formula is C19H26O. The third kappa shape index (κ3) is 9.09. The monoisotopic (exact) mass is 270 g/mol. The smallest absolute Gasteiger partial charge is 0.126 e. The lowest BCUT2D eigenvalue weighted by Gasteiger charge is -1.93. The minimum atomic E-state index is 0.167. The zero-order valence-electron chi connectivity index (χ0n) is 13.5. The highest BCUT2D eigenvalue weighted by Gasteiger charge is 1.84. The summed E-state index contributed by atoms with van der Waals surface area (Å²) in [5.41, 5.74) is 5.47. The molecule has 0 spiro atoms. The summed E-state index contributed by atoms with van der Waals surface area (Å²) in [5.74, 6) is 0.167. The molecule has 0 aromatic heterocycles. The van der Waals surface area contributed by atoms with Gasteiger partial charge in [0.15, 0.2) is 0 Å². The van der Waals surface area contributed by atoms with E-state index in [0.717, 1.165) is 0 Å². The molecule has 0 amide bonds. The van der Waals surface area contributed by atoms with Gasteiger partial charge in [-0.2, -0.15) is 0 Å². The van der Waals surface area contributed by atoms with Crippen molar-refractivity contribution in [2.75, 3.05) is 0 Å². The topological polar surface area (TPSA) is 17.1 Å². The first-order valence-electron chi connectivity index (χ1n) is 6.86. The lowest BCUT2D eigenvalue weighted by molar-refractivity contribution is -0.114. The number of hydrogen-bond donors (Lipinski definition) is 0. The summed E-state index contributed by atoms with van der Waals surface area (Å²) in [6.07, 6.45) is 0. The molecule has 2 rings (SSSR count). The maximum atomic E-state index is 9.44. The molecule has 1 heteroatoms. The van der Waals surface area contributed by atoms with Crippen LogP contribution in [0.4, 0.5) is 0 Å². The number of rotatable bonds is 0. The molecule has 0 N–H and O–H groups in total. The maximum Gasteiger partial charge on any atom is 0.126 e. The SMILES string of the molecule is CC(C)=O.Cc1ccccc1C.Cc1ccccc1C. The van der Waals surface area contributed by atoms with Gasteiger partial charge in [-0.25, -0.2) is 0 Å². The fourth-order valence-corrected chi connectivity index (χ4v) is 1.33. The van der Waals surface area contributed by atoms with Crippen LogP contribution in [0.15, 0.2) is 48.5 Å². The van der Waals surface area contributed by atoms with Gasteiger partial charge in [-0.05, 0) is 63.8 Å². The Bertz CT molecular complexity index is 437. The predicted octanol–water partition coefficient (Wildman–Crippen LogP) is 5.20. The molecule has 0 atom stereocenters. The average Bonchev–Trinajstić information content (AvgIpc) is 2.37. The van der Waals surface area contributed by atoms with E-state index in [2.05, 4.69) is 76.2 Å². The summed E-state index contributed by atoms with van der Waals surface area (Å²) in [6, 6.07) is 16.7. The quantitative estimate of drug-likeness (QED) is 0.643. The zero-order chi connectivity index (χ0) is 15.5. The van der Waals surface area contributed by atoms with Gasteiger partial charge in [0, 0.05) is 0 Å². The molecule has 20 heavy (non-hydrogen) atoms. The van der Waals surface area contributed by atoms with E-state index in [9.17, 15) is 4.79 Å². The molecule has 0 fully saturated rings. The Labute approximate surface area is 123 Å². The van der Waals surface area contributed by atoms with Crippen molar-refractivity contribution in [2.24, 2.45) is 0 Å². The molecule has 108 valence electrons. The standard InChI is InChI=1S/2C8H10.C3H6O/c2*1-7-5-3-4-6-8(7)2;1-3(2)4/h2*3-6H,1-2H3;1-2H3. The molecule has 0 unspecified atom stereocenters. The number of carbonyl (C=O) groups excluding carboxylic acids is 1. The van der Waals surface area contributed by atoms with Gasteiger partial charge < -0.3 is 4.79 Å². The molecule has 2 aromatic rings. The average molecular weight is 270 g/mol. The van der Waals surface area contributed by atoms with Crippen molar-refractivity contribution < 1.29 is 4.79 Å². The van der Waals surface area contributed by atoms with E-state index < -0.39 is 0 Å². The van der Waals surface area contributed by atoms with Crippen LogP contribution in [0.3, 0.4) is 0 Å². The van der Waals surface area contributed by atoms with Gasteiger partial charge in [0.05, 0.1) is 0 Å². The first-order chi connectivity index (χ1) is 9.34. The third-order valence-corrected chi connectivity index (χ3v) is 2.85. The number of hydrogen-bond acceptors (Lipinski definition) is 1. The van der Waals surface area contributed by atoms with Gasteiger partial charge in [-0.1, -0.05) is 48.5 Å². The Hall–Kier alpha value is -1.89. The van der Waals surface area contributed by atoms with Crippen LogP contribution in [0.25, 0.3) is 0 Å².